The summed E-state index contributed by atoms with van der Waals surface area (Å²) < 4.78 is 0.125. The summed E-state index contributed by atoms with van der Waals surface area (Å²) in [7, 11) is 0. The normalized spacial score (nSPS) is 18.7. The van der Waals surface area contributed by atoms with Gasteiger partial charge in [-0.05, 0) is 0 Å². The van der Waals surface area contributed by atoms with Crippen molar-refractivity contribution in [3.63, 3.8) is 0 Å². The summed E-state index contributed by atoms with van der Waals surface area (Å²) in [6.45, 7) is 1.81. The fraction of sp³-hybridized carbons (Fsp3) is 1.00. The van der Waals surface area contributed by atoms with E-state index in [2.05, 4.69) is 0 Å². The van der Waals surface area contributed by atoms with Crippen LogP contribution in [0.2, 0.25) is 4.14 Å². The van der Waals surface area contributed by atoms with Gasteiger partial charge in [0.15, 0.2) is 0 Å². The molecule has 42 valence electrons. The van der Waals surface area contributed by atoms with Gasteiger partial charge in [0.05, 0.1) is 0 Å². The van der Waals surface area contributed by atoms with Crippen LogP contribution in [0.5, 0.6) is 0 Å². The summed E-state index contributed by atoms with van der Waals surface area (Å²) in [4.78, 5) is 0. The summed E-state index contributed by atoms with van der Waals surface area (Å²) >= 11 is 1.06. The Kier molecular flexibility index (Phi) is 3.98. The van der Waals surface area contributed by atoms with Gasteiger partial charge in [0.1, 0.15) is 0 Å². The van der Waals surface area contributed by atoms with Crippen molar-refractivity contribution in [2.45, 2.75) is 17.2 Å². The number of rotatable bonds is 2. The summed E-state index contributed by atoms with van der Waals surface area (Å²) in [5, 5.41) is 17.1. The van der Waals surface area contributed by atoms with Gasteiger partial charge in [-0.3, -0.25) is 0 Å². The average molecular weight is 270 g/mol. The maximum atomic E-state index is 8.69. The molecule has 0 bridgehead atoms. The van der Waals surface area contributed by atoms with Crippen molar-refractivity contribution in [2.24, 2.45) is 0 Å². The third-order valence-corrected chi connectivity index (χ3v) is 2.88. The van der Waals surface area contributed by atoms with Crippen molar-refractivity contribution < 1.29 is 31.3 Å². The van der Waals surface area contributed by atoms with Crippen LogP contribution in [0, 0.1) is 0 Å². The van der Waals surface area contributed by atoms with E-state index in [0.717, 1.165) is 21.1 Å². The third kappa shape index (κ3) is 3.26. The monoisotopic (exact) mass is 270 g/mol. The van der Waals surface area contributed by atoms with Gasteiger partial charge in [0, 0.05) is 0 Å². The standard InChI is InChI=1S/C4H9O2.Ta/c1-4(6)2-3-5;/h2,4-6H,3H2,1H3;. The molecule has 2 unspecified atom stereocenters. The average Bonchev–Trinajstić information content (AvgIpc) is 1.65. The summed E-state index contributed by atoms with van der Waals surface area (Å²) in [5.41, 5.74) is 0. The first-order valence-corrected chi connectivity index (χ1v) is 4.01. The molecule has 0 fully saturated rings. The van der Waals surface area contributed by atoms with Gasteiger partial charge in [-0.2, -0.15) is 0 Å². The molecule has 0 spiro atoms. The predicted molar refractivity (Wildman–Crippen MR) is 22.5 cm³/mol. The van der Waals surface area contributed by atoms with Crippen molar-refractivity contribution in [3.8, 4) is 0 Å². The molecule has 2 nitrogen and oxygen atoms in total. The van der Waals surface area contributed by atoms with Crippen LogP contribution in [-0.4, -0.2) is 22.9 Å². The molecule has 0 aromatic heterocycles. The van der Waals surface area contributed by atoms with Crippen molar-refractivity contribution >= 4 is 0 Å². The fourth-order valence-electron chi connectivity index (χ4n) is 0.153. The van der Waals surface area contributed by atoms with Crippen molar-refractivity contribution in [1.29, 1.82) is 0 Å². The molecule has 0 aromatic carbocycles. The molecule has 3 heteroatoms. The minimum atomic E-state index is -0.335. The first-order valence-electron chi connectivity index (χ1n) is 2.15. The quantitative estimate of drug-likeness (QED) is 0.723. The molecule has 0 aliphatic heterocycles. The number of aliphatic hydroxyl groups excluding tert-OH is 2. The molecule has 0 saturated carbocycles. The molecular formula is C4H9O2Ta. The third-order valence-electron chi connectivity index (χ3n) is 0.744. The summed E-state index contributed by atoms with van der Waals surface area (Å²) in [6.07, 6.45) is -0.335. The Hall–Kier alpha value is 0.660. The van der Waals surface area contributed by atoms with Crippen LogP contribution in [0.25, 0.3) is 0 Å². The van der Waals surface area contributed by atoms with E-state index in [-0.39, 0.29) is 16.8 Å². The summed E-state index contributed by atoms with van der Waals surface area (Å²) in [6, 6.07) is 0. The molecule has 7 heavy (non-hydrogen) atoms. The molecule has 0 saturated heterocycles. The topological polar surface area (TPSA) is 40.5 Å². The first-order chi connectivity index (χ1) is 3.18. The molecule has 0 radical (unpaired) electrons. The number of aliphatic hydroxyl groups is 2. The Morgan fingerprint density at radius 1 is 1.71 bits per heavy atom. The van der Waals surface area contributed by atoms with E-state index in [0.29, 0.717) is 0 Å². The Morgan fingerprint density at radius 2 is 2.14 bits per heavy atom. The molecule has 0 aliphatic rings. The van der Waals surface area contributed by atoms with E-state index in [9.17, 15) is 0 Å². The van der Waals surface area contributed by atoms with Gasteiger partial charge in [-0.15, -0.1) is 0 Å². The van der Waals surface area contributed by atoms with Crippen molar-refractivity contribution in [3.05, 3.63) is 0 Å². The van der Waals surface area contributed by atoms with Crippen LogP contribution in [0.4, 0.5) is 0 Å². The number of hydrogen-bond donors (Lipinski definition) is 2. The van der Waals surface area contributed by atoms with Crippen LogP contribution >= 0.6 is 0 Å². The van der Waals surface area contributed by atoms with E-state index < -0.39 is 0 Å². The second kappa shape index (κ2) is 3.64. The van der Waals surface area contributed by atoms with Gasteiger partial charge in [-0.1, -0.05) is 0 Å². The molecule has 0 aromatic rings. The Bertz CT molecular complexity index is 47.0. The maximum absolute atomic E-state index is 8.69. The molecule has 0 heterocycles. The predicted octanol–water partition coefficient (Wildman–Crippen LogP) is -0.305. The zero-order valence-electron chi connectivity index (χ0n) is 4.20. The molecular weight excluding hydrogens is 261 g/mol. The van der Waals surface area contributed by atoms with Crippen LogP contribution in [0.15, 0.2) is 0 Å². The van der Waals surface area contributed by atoms with Gasteiger partial charge in [-0.25, -0.2) is 0 Å². The van der Waals surface area contributed by atoms with Crippen LogP contribution in [0.1, 0.15) is 6.92 Å². The van der Waals surface area contributed by atoms with E-state index in [1.165, 1.54) is 0 Å². The molecule has 0 aliphatic carbocycles. The summed E-state index contributed by atoms with van der Waals surface area (Å²) in [5.74, 6) is 0. The van der Waals surface area contributed by atoms with E-state index in [1.807, 2.05) is 0 Å². The Balaban J connectivity index is 3.14. The molecule has 0 rings (SSSR count). The van der Waals surface area contributed by atoms with E-state index in [1.54, 1.807) is 6.92 Å². The van der Waals surface area contributed by atoms with Gasteiger partial charge < -0.3 is 0 Å². The number of hydrogen-bond acceptors (Lipinski definition) is 2. The van der Waals surface area contributed by atoms with E-state index >= 15 is 0 Å². The van der Waals surface area contributed by atoms with Gasteiger partial charge in [0.2, 0.25) is 0 Å². The van der Waals surface area contributed by atoms with Crippen LogP contribution in [-0.2, 0) is 21.1 Å². The zero-order chi connectivity index (χ0) is 5.86. The Labute approximate surface area is 55.5 Å². The molecule has 0 amide bonds. The van der Waals surface area contributed by atoms with Crippen LogP contribution < -0.4 is 0 Å². The SMILES string of the molecule is CC(O)[CH]([Ta])CO. The first kappa shape index (κ1) is 7.66. The Morgan fingerprint density at radius 3 is 2.14 bits per heavy atom. The van der Waals surface area contributed by atoms with Crippen molar-refractivity contribution in [2.75, 3.05) is 6.61 Å². The molecule has 2 N–H and O–H groups in total. The van der Waals surface area contributed by atoms with Gasteiger partial charge >= 0.3 is 55.1 Å². The second-order valence-electron chi connectivity index (χ2n) is 1.49. The van der Waals surface area contributed by atoms with E-state index in [4.69, 9.17) is 10.2 Å². The minimum absolute atomic E-state index is 0.117. The second-order valence-corrected chi connectivity index (χ2v) is 3.87. The van der Waals surface area contributed by atoms with Crippen molar-refractivity contribution in [1.82, 2.24) is 0 Å². The van der Waals surface area contributed by atoms with Gasteiger partial charge in [0.25, 0.3) is 0 Å². The zero-order valence-corrected chi connectivity index (χ0v) is 7.42. The molecule has 2 atom stereocenters. The fourth-order valence-corrected chi connectivity index (χ4v) is 0.153. The van der Waals surface area contributed by atoms with Crippen LogP contribution in [0.3, 0.4) is 0 Å².